The maximum Gasteiger partial charge on any atom is 0.335 e. The highest BCUT2D eigenvalue weighted by Crippen LogP contribution is 2.61. The standard InChI is InChI=1S/C36H32FNO4/c1-35(2)22-42-36(19-26(20-36)24-11-13-25(14-12-24)34(39)40)32-31-29(38(33(32)35)28-17-15-27(37)16-18-28)9-6-10-30(31)41-21-23-7-4-3-5-8-23/h3-18,26H,19-22H2,1-2H3,(H,39,40)/t26-,36+. The molecule has 1 spiro atoms. The van der Waals surface area contributed by atoms with Gasteiger partial charge in [0.1, 0.15) is 18.2 Å². The molecule has 7 rings (SSSR count). The molecule has 6 heteroatoms. The van der Waals surface area contributed by atoms with E-state index in [9.17, 15) is 14.3 Å². The van der Waals surface area contributed by atoms with Crippen molar-refractivity contribution >= 4 is 16.9 Å². The molecule has 1 saturated carbocycles. The zero-order valence-corrected chi connectivity index (χ0v) is 23.6. The third kappa shape index (κ3) is 4.29. The summed E-state index contributed by atoms with van der Waals surface area (Å²) in [5.41, 5.74) is 5.84. The summed E-state index contributed by atoms with van der Waals surface area (Å²) in [4.78, 5) is 11.4. The maximum atomic E-state index is 14.0. The average molecular weight is 562 g/mol. The number of rotatable bonds is 6. The van der Waals surface area contributed by atoms with Gasteiger partial charge in [0.05, 0.1) is 23.3 Å². The molecule has 0 bridgehead atoms. The molecule has 5 nitrogen and oxygen atoms in total. The number of hydrogen-bond acceptors (Lipinski definition) is 3. The highest BCUT2D eigenvalue weighted by atomic mass is 19.1. The fourth-order valence-electron chi connectivity index (χ4n) is 6.76. The summed E-state index contributed by atoms with van der Waals surface area (Å²) in [6.07, 6.45) is 1.55. The van der Waals surface area contributed by atoms with Gasteiger partial charge < -0.3 is 19.1 Å². The van der Waals surface area contributed by atoms with Crippen LogP contribution >= 0.6 is 0 Å². The van der Waals surface area contributed by atoms with Gasteiger partial charge in [0.25, 0.3) is 0 Å². The Balaban J connectivity index is 1.39. The van der Waals surface area contributed by atoms with Crippen LogP contribution in [0.3, 0.4) is 0 Å². The summed E-state index contributed by atoms with van der Waals surface area (Å²) in [6.45, 7) is 5.38. The number of fused-ring (bicyclic) bond motifs is 4. The van der Waals surface area contributed by atoms with Crippen LogP contribution in [-0.4, -0.2) is 22.2 Å². The molecular formula is C36H32FNO4. The molecule has 0 saturated heterocycles. The van der Waals surface area contributed by atoms with Gasteiger partial charge >= 0.3 is 5.97 Å². The van der Waals surface area contributed by atoms with Crippen molar-refractivity contribution in [1.82, 2.24) is 4.57 Å². The van der Waals surface area contributed by atoms with E-state index in [2.05, 4.69) is 36.6 Å². The van der Waals surface area contributed by atoms with Crippen LogP contribution < -0.4 is 4.74 Å². The summed E-state index contributed by atoms with van der Waals surface area (Å²) >= 11 is 0. The van der Waals surface area contributed by atoms with Crippen LogP contribution in [0.2, 0.25) is 0 Å². The van der Waals surface area contributed by atoms with Crippen molar-refractivity contribution < 1.29 is 23.8 Å². The van der Waals surface area contributed by atoms with Gasteiger partial charge in [-0.2, -0.15) is 0 Å². The Morgan fingerprint density at radius 1 is 0.952 bits per heavy atom. The Labute approximate surface area is 244 Å². The first-order valence-electron chi connectivity index (χ1n) is 14.3. The number of halogens is 1. The van der Waals surface area contributed by atoms with Crippen molar-refractivity contribution in [2.45, 2.75) is 50.2 Å². The minimum Gasteiger partial charge on any atom is -0.488 e. The van der Waals surface area contributed by atoms with Gasteiger partial charge in [0.15, 0.2) is 0 Å². The van der Waals surface area contributed by atoms with Crippen LogP contribution in [-0.2, 0) is 22.4 Å². The number of ether oxygens (including phenoxy) is 2. The number of aromatic carboxylic acids is 1. The molecule has 1 N–H and O–H groups in total. The molecule has 2 heterocycles. The van der Waals surface area contributed by atoms with Gasteiger partial charge in [-0.1, -0.05) is 62.4 Å². The van der Waals surface area contributed by atoms with Crippen molar-refractivity contribution in [2.24, 2.45) is 0 Å². The number of aromatic nitrogens is 1. The van der Waals surface area contributed by atoms with Gasteiger partial charge in [-0.3, -0.25) is 0 Å². The molecule has 1 aliphatic heterocycles. The van der Waals surface area contributed by atoms with Crippen molar-refractivity contribution in [1.29, 1.82) is 0 Å². The third-order valence-corrected chi connectivity index (χ3v) is 8.86. The van der Waals surface area contributed by atoms with E-state index in [0.29, 0.717) is 13.2 Å². The highest BCUT2D eigenvalue weighted by Gasteiger charge is 2.55. The average Bonchev–Trinajstić information content (AvgIpc) is 3.34. The summed E-state index contributed by atoms with van der Waals surface area (Å²) in [5.74, 6) is -0.163. The minimum atomic E-state index is -0.925. The summed E-state index contributed by atoms with van der Waals surface area (Å²) in [7, 11) is 0. The van der Waals surface area contributed by atoms with Crippen LogP contribution in [0, 0.1) is 5.82 Å². The zero-order valence-electron chi connectivity index (χ0n) is 23.6. The lowest BCUT2D eigenvalue weighted by molar-refractivity contribution is -0.143. The molecule has 0 atom stereocenters. The number of hydrogen-bond donors (Lipinski definition) is 1. The number of benzene rings is 4. The summed E-state index contributed by atoms with van der Waals surface area (Å²) in [6, 6.07) is 30.1. The molecular weight excluding hydrogens is 529 g/mol. The Morgan fingerprint density at radius 3 is 2.36 bits per heavy atom. The second-order valence-corrected chi connectivity index (χ2v) is 12.2. The molecule has 2 aliphatic rings. The fraction of sp³-hybridized carbons (Fsp3) is 0.250. The first-order chi connectivity index (χ1) is 20.3. The normalized spacial score (nSPS) is 20.7. The smallest absolute Gasteiger partial charge is 0.335 e. The van der Waals surface area contributed by atoms with Crippen molar-refractivity contribution in [3.05, 3.63) is 131 Å². The number of carbonyl (C=O) groups is 1. The monoisotopic (exact) mass is 561 g/mol. The van der Waals surface area contributed by atoms with Gasteiger partial charge in [-0.05, 0) is 78.4 Å². The minimum absolute atomic E-state index is 0.239. The zero-order chi connectivity index (χ0) is 29.1. The van der Waals surface area contributed by atoms with Crippen LogP contribution in [0.1, 0.15) is 65.3 Å². The number of carboxylic acids is 1. The largest absolute Gasteiger partial charge is 0.488 e. The molecule has 4 aromatic carbocycles. The Morgan fingerprint density at radius 2 is 1.67 bits per heavy atom. The second-order valence-electron chi connectivity index (χ2n) is 12.2. The molecule has 1 fully saturated rings. The molecule has 212 valence electrons. The number of carboxylic acid groups (broad SMARTS) is 1. The van der Waals surface area contributed by atoms with E-state index in [1.807, 2.05) is 54.6 Å². The second kappa shape index (κ2) is 9.85. The Hall–Kier alpha value is -4.42. The maximum absolute atomic E-state index is 14.0. The van der Waals surface area contributed by atoms with Gasteiger partial charge in [0.2, 0.25) is 0 Å². The van der Waals surface area contributed by atoms with Crippen molar-refractivity contribution in [3.63, 3.8) is 0 Å². The van der Waals surface area contributed by atoms with E-state index in [4.69, 9.17) is 9.47 Å². The van der Waals surface area contributed by atoms with Crippen LogP contribution in [0.5, 0.6) is 5.75 Å². The van der Waals surface area contributed by atoms with E-state index in [-0.39, 0.29) is 22.7 Å². The molecule has 0 amide bonds. The molecule has 1 aliphatic carbocycles. The van der Waals surface area contributed by atoms with Crippen molar-refractivity contribution in [3.8, 4) is 11.4 Å². The molecule has 1 aromatic heterocycles. The Bertz CT molecular complexity index is 1780. The SMILES string of the molecule is CC1(C)CO[C@]2(C[C@@H](c3ccc(C(=O)O)cc3)C2)c2c1n(-c1ccc(F)cc1)c1cccc(OCc3ccccc3)c12. The summed E-state index contributed by atoms with van der Waals surface area (Å²) in [5, 5.41) is 10.4. The molecule has 0 unspecified atom stereocenters. The van der Waals surface area contributed by atoms with Crippen LogP contribution in [0.15, 0.2) is 97.1 Å². The van der Waals surface area contributed by atoms with Gasteiger partial charge in [0, 0.05) is 27.7 Å². The fourth-order valence-corrected chi connectivity index (χ4v) is 6.76. The van der Waals surface area contributed by atoms with Crippen LogP contribution in [0.4, 0.5) is 4.39 Å². The quantitative estimate of drug-likeness (QED) is 0.227. The topological polar surface area (TPSA) is 60.7 Å². The van der Waals surface area contributed by atoms with Crippen molar-refractivity contribution in [2.75, 3.05) is 6.61 Å². The van der Waals surface area contributed by atoms with Gasteiger partial charge in [-0.15, -0.1) is 0 Å². The lowest BCUT2D eigenvalue weighted by Gasteiger charge is -2.53. The third-order valence-electron chi connectivity index (χ3n) is 8.86. The molecule has 5 aromatic rings. The lowest BCUT2D eigenvalue weighted by atomic mass is 9.61. The van der Waals surface area contributed by atoms with Gasteiger partial charge in [-0.25, -0.2) is 9.18 Å². The lowest BCUT2D eigenvalue weighted by Crippen LogP contribution is -2.50. The Kier molecular flexibility index (Phi) is 6.21. The first kappa shape index (κ1) is 26.5. The predicted molar refractivity (Wildman–Crippen MR) is 160 cm³/mol. The van der Waals surface area contributed by atoms with E-state index in [0.717, 1.165) is 57.6 Å². The van der Waals surface area contributed by atoms with E-state index < -0.39 is 11.6 Å². The highest BCUT2D eigenvalue weighted by molar-refractivity contribution is 5.94. The first-order valence-corrected chi connectivity index (χ1v) is 14.3. The summed E-state index contributed by atoms with van der Waals surface area (Å²) < 4.78 is 29.7. The van der Waals surface area contributed by atoms with E-state index in [1.54, 1.807) is 12.1 Å². The van der Waals surface area contributed by atoms with E-state index in [1.165, 1.54) is 12.1 Å². The molecule has 0 radical (unpaired) electrons. The van der Waals surface area contributed by atoms with Crippen LogP contribution in [0.25, 0.3) is 16.6 Å². The number of nitrogens with zero attached hydrogens (tertiary/aromatic N) is 1. The predicted octanol–water partition coefficient (Wildman–Crippen LogP) is 8.13. The molecule has 42 heavy (non-hydrogen) atoms. The van der Waals surface area contributed by atoms with E-state index >= 15 is 0 Å².